The highest BCUT2D eigenvalue weighted by Gasteiger charge is 2.32. The van der Waals surface area contributed by atoms with Crippen LogP contribution >= 0.6 is 0 Å². The Hall–Kier alpha value is -2.96. The molecule has 4 rings (SSSR count). The maximum absolute atomic E-state index is 12.7. The molecule has 0 aliphatic carbocycles. The zero-order chi connectivity index (χ0) is 23.8. The summed E-state index contributed by atoms with van der Waals surface area (Å²) in [6.45, 7) is -1.39. The van der Waals surface area contributed by atoms with E-state index in [4.69, 9.17) is 9.47 Å². The van der Waals surface area contributed by atoms with Crippen LogP contribution in [0.4, 0.5) is 26.3 Å². The molecule has 2 aromatic rings. The summed E-state index contributed by atoms with van der Waals surface area (Å²) in [6, 6.07) is 5.14. The van der Waals surface area contributed by atoms with E-state index in [-0.39, 0.29) is 43.3 Å². The monoisotopic (exact) mass is 479 g/mol. The molecule has 0 spiro atoms. The Labute approximate surface area is 183 Å². The van der Waals surface area contributed by atoms with Crippen molar-refractivity contribution < 1.29 is 45.3 Å². The van der Waals surface area contributed by atoms with Crippen LogP contribution < -0.4 is 14.8 Å². The van der Waals surface area contributed by atoms with E-state index in [0.29, 0.717) is 11.3 Å². The van der Waals surface area contributed by atoms with Gasteiger partial charge >= 0.3 is 12.4 Å². The maximum atomic E-state index is 12.7. The molecule has 13 heteroatoms. The van der Waals surface area contributed by atoms with Gasteiger partial charge in [0.2, 0.25) is 5.88 Å². The van der Waals surface area contributed by atoms with Crippen molar-refractivity contribution in [2.24, 2.45) is 0 Å². The maximum Gasteiger partial charge on any atom is 0.411 e. The van der Waals surface area contributed by atoms with E-state index in [1.54, 1.807) is 0 Å². The number of hydrogen-bond acceptors (Lipinski definition) is 5. The molecule has 2 aliphatic heterocycles. The van der Waals surface area contributed by atoms with E-state index < -0.39 is 43.4 Å². The fraction of sp³-hybridized carbons (Fsp3) is 0.500. The van der Waals surface area contributed by atoms with Crippen LogP contribution in [0.2, 0.25) is 0 Å². The molecular weight excluding hydrogens is 460 g/mol. The van der Waals surface area contributed by atoms with Crippen molar-refractivity contribution >= 4 is 5.91 Å². The van der Waals surface area contributed by atoms with Crippen molar-refractivity contribution in [3.8, 4) is 11.6 Å². The Balaban J connectivity index is 1.31. The highest BCUT2D eigenvalue weighted by atomic mass is 19.4. The first kappa shape index (κ1) is 23.2. The lowest BCUT2D eigenvalue weighted by molar-refractivity contribution is -0.177. The molecule has 0 bridgehead atoms. The first-order valence-corrected chi connectivity index (χ1v) is 9.96. The van der Waals surface area contributed by atoms with Crippen molar-refractivity contribution in [2.45, 2.75) is 43.9 Å². The van der Waals surface area contributed by atoms with Crippen molar-refractivity contribution in [2.75, 3.05) is 19.8 Å². The highest BCUT2D eigenvalue weighted by molar-refractivity contribution is 5.92. The number of aromatic nitrogens is 2. The second-order valence-electron chi connectivity index (χ2n) is 7.84. The summed E-state index contributed by atoms with van der Waals surface area (Å²) in [5.41, 5.74) is 0.704. The topological polar surface area (TPSA) is 74.6 Å². The number of benzene rings is 1. The second-order valence-corrected chi connectivity index (χ2v) is 7.84. The van der Waals surface area contributed by atoms with Crippen molar-refractivity contribution in [1.29, 1.82) is 0 Å². The van der Waals surface area contributed by atoms with Crippen LogP contribution in [0.3, 0.4) is 0 Å². The van der Waals surface area contributed by atoms with Gasteiger partial charge in [0.1, 0.15) is 25.1 Å². The zero-order valence-corrected chi connectivity index (χ0v) is 17.0. The van der Waals surface area contributed by atoms with Crippen LogP contribution in [-0.4, -0.2) is 60.0 Å². The summed E-state index contributed by atoms with van der Waals surface area (Å²) in [5.74, 6) is 0.163. The van der Waals surface area contributed by atoms with Crippen molar-refractivity contribution in [3.05, 3.63) is 41.1 Å². The summed E-state index contributed by atoms with van der Waals surface area (Å²) < 4.78 is 91.4. The molecule has 0 saturated heterocycles. The quantitative estimate of drug-likeness (QED) is 0.645. The Bertz CT molecular complexity index is 997. The van der Waals surface area contributed by atoms with Crippen molar-refractivity contribution in [1.82, 2.24) is 15.1 Å². The third-order valence-electron chi connectivity index (χ3n) is 4.98. The first-order chi connectivity index (χ1) is 15.4. The average molecular weight is 479 g/mol. The van der Waals surface area contributed by atoms with Gasteiger partial charge in [-0.2, -0.15) is 31.4 Å². The molecule has 0 radical (unpaired) electrons. The van der Waals surface area contributed by atoms with Gasteiger partial charge in [-0.05, 0) is 23.6 Å². The molecule has 0 unspecified atom stereocenters. The van der Waals surface area contributed by atoms with E-state index in [2.05, 4.69) is 15.2 Å². The molecule has 0 saturated carbocycles. The van der Waals surface area contributed by atoms with Gasteiger partial charge in [-0.25, -0.2) is 4.68 Å². The Morgan fingerprint density at radius 3 is 2.67 bits per heavy atom. The summed E-state index contributed by atoms with van der Waals surface area (Å²) in [6.07, 6.45) is -10.2. The molecule has 2 atom stereocenters. The SMILES string of the molecule is O=C(N[C@H]1COc2ccc(CC(F)(F)F)cc2C1)c1cc2n(n1)C[C@@H](COCC(F)(F)F)O2. The van der Waals surface area contributed by atoms with Gasteiger partial charge in [0.05, 0.1) is 25.6 Å². The van der Waals surface area contributed by atoms with Crippen LogP contribution in [-0.2, 0) is 24.1 Å². The predicted octanol–water partition coefficient (Wildman–Crippen LogP) is 3.06. The lowest BCUT2D eigenvalue weighted by Crippen LogP contribution is -2.43. The molecule has 7 nitrogen and oxygen atoms in total. The molecule has 1 aromatic heterocycles. The summed E-state index contributed by atoms with van der Waals surface area (Å²) in [4.78, 5) is 12.6. The number of fused-ring (bicyclic) bond motifs is 2. The van der Waals surface area contributed by atoms with E-state index in [9.17, 15) is 31.1 Å². The number of carbonyl (C=O) groups excluding carboxylic acids is 1. The van der Waals surface area contributed by atoms with Gasteiger partial charge in [-0.3, -0.25) is 4.79 Å². The number of hydrogen-bond donors (Lipinski definition) is 1. The summed E-state index contributed by atoms with van der Waals surface area (Å²) >= 11 is 0. The molecule has 1 aromatic carbocycles. The summed E-state index contributed by atoms with van der Waals surface area (Å²) in [7, 11) is 0. The number of nitrogens with zero attached hydrogens (tertiary/aromatic N) is 2. The molecule has 0 fully saturated rings. The van der Waals surface area contributed by atoms with Gasteiger partial charge in [-0.1, -0.05) is 12.1 Å². The number of nitrogens with one attached hydrogen (secondary N) is 1. The Morgan fingerprint density at radius 1 is 1.18 bits per heavy atom. The predicted molar refractivity (Wildman–Crippen MR) is 100 cm³/mol. The lowest BCUT2D eigenvalue weighted by Gasteiger charge is -2.26. The molecular formula is C20H19F6N3O4. The number of halogens is 6. The van der Waals surface area contributed by atoms with Crippen LogP contribution in [0.1, 0.15) is 21.6 Å². The van der Waals surface area contributed by atoms with E-state index in [1.165, 1.54) is 28.9 Å². The molecule has 2 aliphatic rings. The third-order valence-corrected chi connectivity index (χ3v) is 4.98. The Kier molecular flexibility index (Phi) is 6.16. The minimum absolute atomic E-state index is 0.0382. The minimum Gasteiger partial charge on any atom is -0.491 e. The fourth-order valence-corrected chi connectivity index (χ4v) is 3.67. The van der Waals surface area contributed by atoms with Crippen LogP contribution in [0, 0.1) is 0 Å². The van der Waals surface area contributed by atoms with Crippen LogP contribution in [0.5, 0.6) is 11.6 Å². The largest absolute Gasteiger partial charge is 0.491 e. The van der Waals surface area contributed by atoms with Crippen LogP contribution in [0.15, 0.2) is 24.3 Å². The van der Waals surface area contributed by atoms with E-state index >= 15 is 0 Å². The average Bonchev–Trinajstić information content (AvgIpc) is 3.24. The van der Waals surface area contributed by atoms with E-state index in [1.807, 2.05) is 0 Å². The molecule has 1 N–H and O–H groups in total. The van der Waals surface area contributed by atoms with Gasteiger partial charge in [0.25, 0.3) is 5.91 Å². The van der Waals surface area contributed by atoms with Crippen LogP contribution in [0.25, 0.3) is 0 Å². The second kappa shape index (κ2) is 8.76. The third kappa shape index (κ3) is 6.09. The number of amides is 1. The van der Waals surface area contributed by atoms with Crippen molar-refractivity contribution in [3.63, 3.8) is 0 Å². The normalized spacial score (nSPS) is 19.9. The fourth-order valence-electron chi connectivity index (χ4n) is 3.67. The zero-order valence-electron chi connectivity index (χ0n) is 17.0. The van der Waals surface area contributed by atoms with Gasteiger partial charge in [0, 0.05) is 6.07 Å². The molecule has 3 heterocycles. The number of rotatable bonds is 6. The van der Waals surface area contributed by atoms with E-state index in [0.717, 1.165) is 0 Å². The Morgan fingerprint density at radius 2 is 1.97 bits per heavy atom. The number of carbonyl (C=O) groups is 1. The van der Waals surface area contributed by atoms with Gasteiger partial charge in [0.15, 0.2) is 5.69 Å². The number of alkyl halides is 6. The molecule has 33 heavy (non-hydrogen) atoms. The number of ether oxygens (including phenoxy) is 3. The smallest absolute Gasteiger partial charge is 0.411 e. The van der Waals surface area contributed by atoms with Gasteiger partial charge in [-0.15, -0.1) is 0 Å². The first-order valence-electron chi connectivity index (χ1n) is 9.96. The minimum atomic E-state index is -4.43. The molecule has 1 amide bonds. The van der Waals surface area contributed by atoms with Gasteiger partial charge < -0.3 is 19.5 Å². The molecule has 180 valence electrons. The standard InChI is InChI=1S/C20H19F6N3O4/c21-19(22,23)6-11-1-2-16-12(3-11)4-13(8-32-16)27-18(30)15-5-17-29(28-15)7-14(33-17)9-31-10-20(24,25)26/h1-3,5,13-14H,4,6-10H2,(H,27,30)/t13-,14+/m1/s1. The lowest BCUT2D eigenvalue weighted by atomic mass is 9.99. The summed E-state index contributed by atoms with van der Waals surface area (Å²) in [5, 5.41) is 6.83. The highest BCUT2D eigenvalue weighted by Crippen LogP contribution is 2.29.